The van der Waals surface area contributed by atoms with Gasteiger partial charge in [0.1, 0.15) is 5.82 Å². The first-order valence-electron chi connectivity index (χ1n) is 8.96. The van der Waals surface area contributed by atoms with Gasteiger partial charge >= 0.3 is 0 Å². The molecule has 3 nitrogen and oxygen atoms in total. The summed E-state index contributed by atoms with van der Waals surface area (Å²) in [5, 5.41) is 9.42. The average Bonchev–Trinajstić information content (AvgIpc) is 2.85. The van der Waals surface area contributed by atoms with Gasteiger partial charge in [0.2, 0.25) is 0 Å². The highest BCUT2D eigenvalue weighted by atomic mass is 16.3. The Bertz CT molecular complexity index is 883. The average molecular weight is 336 g/mol. The molecule has 0 atom stereocenters. The third kappa shape index (κ3) is 3.62. The maximum Gasteiger partial charge on any atom is 0.112 e. The summed E-state index contributed by atoms with van der Waals surface area (Å²) in [5.41, 5.74) is 7.44. The van der Waals surface area contributed by atoms with Crippen molar-refractivity contribution in [3.63, 3.8) is 0 Å². The van der Waals surface area contributed by atoms with E-state index in [1.54, 1.807) is 0 Å². The van der Waals surface area contributed by atoms with Crippen molar-refractivity contribution < 1.29 is 5.11 Å². The minimum atomic E-state index is 0.115. The SMILES string of the molecule is Cc1cc2nc(CCO)n(Cc3ccc(C(C)(C)C)cc3)c2cc1C. The van der Waals surface area contributed by atoms with E-state index >= 15 is 0 Å². The Morgan fingerprint density at radius 3 is 2.24 bits per heavy atom. The molecule has 3 aromatic rings. The van der Waals surface area contributed by atoms with Crippen molar-refractivity contribution in [3.05, 3.63) is 64.5 Å². The third-order valence-corrected chi connectivity index (χ3v) is 4.94. The largest absolute Gasteiger partial charge is 0.396 e. The van der Waals surface area contributed by atoms with Crippen LogP contribution in [0.5, 0.6) is 0 Å². The summed E-state index contributed by atoms with van der Waals surface area (Å²) in [7, 11) is 0. The molecule has 0 saturated carbocycles. The summed E-state index contributed by atoms with van der Waals surface area (Å²) in [4.78, 5) is 4.76. The third-order valence-electron chi connectivity index (χ3n) is 4.94. The molecule has 0 fully saturated rings. The maximum absolute atomic E-state index is 9.42. The van der Waals surface area contributed by atoms with E-state index < -0.39 is 0 Å². The van der Waals surface area contributed by atoms with Crippen molar-refractivity contribution in [3.8, 4) is 0 Å². The highest BCUT2D eigenvalue weighted by molar-refractivity contribution is 5.78. The lowest BCUT2D eigenvalue weighted by atomic mass is 9.87. The smallest absolute Gasteiger partial charge is 0.112 e. The Balaban J connectivity index is 2.02. The van der Waals surface area contributed by atoms with Crippen molar-refractivity contribution in [2.75, 3.05) is 6.61 Å². The van der Waals surface area contributed by atoms with Crippen LogP contribution in [0.15, 0.2) is 36.4 Å². The summed E-state index contributed by atoms with van der Waals surface area (Å²) in [6.07, 6.45) is 0.576. The minimum Gasteiger partial charge on any atom is -0.396 e. The highest BCUT2D eigenvalue weighted by Gasteiger charge is 2.15. The molecule has 0 saturated heterocycles. The normalized spacial score (nSPS) is 12.1. The minimum absolute atomic E-state index is 0.115. The molecule has 0 bridgehead atoms. The number of aromatic nitrogens is 2. The fraction of sp³-hybridized carbons (Fsp3) is 0.409. The molecule has 0 aliphatic rings. The zero-order chi connectivity index (χ0) is 18.2. The maximum atomic E-state index is 9.42. The molecular formula is C22H28N2O. The summed E-state index contributed by atoms with van der Waals surface area (Å²) >= 11 is 0. The van der Waals surface area contributed by atoms with Gasteiger partial charge in [-0.1, -0.05) is 45.0 Å². The second-order valence-electron chi connectivity index (χ2n) is 7.96. The molecule has 132 valence electrons. The van der Waals surface area contributed by atoms with E-state index in [2.05, 4.69) is 75.6 Å². The number of hydrogen-bond donors (Lipinski definition) is 1. The molecule has 3 heteroatoms. The first-order chi connectivity index (χ1) is 11.8. The molecule has 2 aromatic carbocycles. The summed E-state index contributed by atoms with van der Waals surface area (Å²) in [5.74, 6) is 0.947. The lowest BCUT2D eigenvalue weighted by Crippen LogP contribution is -2.11. The topological polar surface area (TPSA) is 38.1 Å². The Morgan fingerprint density at radius 1 is 1.00 bits per heavy atom. The van der Waals surface area contributed by atoms with Crippen LogP contribution in [0.2, 0.25) is 0 Å². The van der Waals surface area contributed by atoms with Crippen LogP contribution in [-0.4, -0.2) is 21.3 Å². The van der Waals surface area contributed by atoms with E-state index in [1.165, 1.54) is 22.3 Å². The fourth-order valence-electron chi connectivity index (χ4n) is 3.19. The summed E-state index contributed by atoms with van der Waals surface area (Å²) in [6.45, 7) is 11.8. The van der Waals surface area contributed by atoms with Gasteiger partial charge < -0.3 is 9.67 Å². The molecule has 0 aliphatic heterocycles. The molecule has 0 aliphatic carbocycles. The second-order valence-corrected chi connectivity index (χ2v) is 7.96. The monoisotopic (exact) mass is 336 g/mol. The number of fused-ring (bicyclic) bond motifs is 1. The van der Waals surface area contributed by atoms with Crippen LogP contribution in [0.1, 0.15) is 48.8 Å². The van der Waals surface area contributed by atoms with Crippen LogP contribution < -0.4 is 0 Å². The number of aliphatic hydroxyl groups is 1. The summed E-state index contributed by atoms with van der Waals surface area (Å²) in [6, 6.07) is 13.2. The Kier molecular flexibility index (Phi) is 4.70. The van der Waals surface area contributed by atoms with Gasteiger partial charge in [0.15, 0.2) is 0 Å². The van der Waals surface area contributed by atoms with E-state index in [0.29, 0.717) is 6.42 Å². The van der Waals surface area contributed by atoms with Gasteiger partial charge in [-0.2, -0.15) is 0 Å². The van der Waals surface area contributed by atoms with E-state index in [9.17, 15) is 5.11 Å². The van der Waals surface area contributed by atoms with Crippen molar-refractivity contribution in [2.45, 2.75) is 53.0 Å². The summed E-state index contributed by atoms with van der Waals surface area (Å²) < 4.78 is 2.24. The molecule has 3 rings (SSSR count). The molecule has 0 unspecified atom stereocenters. The first kappa shape index (κ1) is 17.7. The van der Waals surface area contributed by atoms with Gasteiger partial charge in [0.25, 0.3) is 0 Å². The molecule has 0 spiro atoms. The van der Waals surface area contributed by atoms with Gasteiger partial charge in [-0.05, 0) is 53.6 Å². The van der Waals surface area contributed by atoms with Crippen LogP contribution >= 0.6 is 0 Å². The number of imidazole rings is 1. The molecule has 1 heterocycles. The van der Waals surface area contributed by atoms with Gasteiger partial charge in [0.05, 0.1) is 17.6 Å². The molecule has 1 N–H and O–H groups in total. The number of rotatable bonds is 4. The van der Waals surface area contributed by atoms with Crippen molar-refractivity contribution in [1.29, 1.82) is 0 Å². The number of benzene rings is 2. The molecule has 0 radical (unpaired) electrons. The zero-order valence-corrected chi connectivity index (χ0v) is 15.9. The van der Waals surface area contributed by atoms with Crippen LogP contribution in [0.25, 0.3) is 11.0 Å². The van der Waals surface area contributed by atoms with Gasteiger partial charge in [-0.3, -0.25) is 0 Å². The lowest BCUT2D eigenvalue weighted by molar-refractivity contribution is 0.295. The predicted octanol–water partition coefficient (Wildman–Crippen LogP) is 4.53. The Morgan fingerprint density at radius 2 is 1.64 bits per heavy atom. The van der Waals surface area contributed by atoms with Crippen LogP contribution in [0, 0.1) is 13.8 Å². The van der Waals surface area contributed by atoms with Crippen LogP contribution in [0.4, 0.5) is 0 Å². The molecule has 1 aromatic heterocycles. The van der Waals surface area contributed by atoms with Crippen LogP contribution in [-0.2, 0) is 18.4 Å². The number of aliphatic hydroxyl groups excluding tert-OH is 1. The lowest BCUT2D eigenvalue weighted by Gasteiger charge is -2.19. The van der Waals surface area contributed by atoms with Crippen molar-refractivity contribution >= 4 is 11.0 Å². The molecular weight excluding hydrogens is 308 g/mol. The number of aryl methyl sites for hydroxylation is 2. The Hall–Kier alpha value is -2.13. The van der Waals surface area contributed by atoms with Gasteiger partial charge in [-0.25, -0.2) is 4.98 Å². The predicted molar refractivity (Wildman–Crippen MR) is 104 cm³/mol. The Labute approximate surface area is 150 Å². The van der Waals surface area contributed by atoms with E-state index in [1.807, 2.05) is 0 Å². The second kappa shape index (κ2) is 6.64. The highest BCUT2D eigenvalue weighted by Crippen LogP contribution is 2.25. The molecule has 25 heavy (non-hydrogen) atoms. The van der Waals surface area contributed by atoms with Gasteiger partial charge in [0, 0.05) is 13.0 Å². The molecule has 0 amide bonds. The number of hydrogen-bond acceptors (Lipinski definition) is 2. The fourth-order valence-corrected chi connectivity index (χ4v) is 3.19. The van der Waals surface area contributed by atoms with E-state index in [-0.39, 0.29) is 12.0 Å². The quantitative estimate of drug-likeness (QED) is 0.760. The van der Waals surface area contributed by atoms with Crippen molar-refractivity contribution in [1.82, 2.24) is 9.55 Å². The zero-order valence-electron chi connectivity index (χ0n) is 15.9. The van der Waals surface area contributed by atoms with E-state index in [4.69, 9.17) is 4.98 Å². The van der Waals surface area contributed by atoms with Crippen LogP contribution in [0.3, 0.4) is 0 Å². The standard InChI is InChI=1S/C22H28N2O/c1-15-12-19-20(13-16(15)2)24(21(23-19)10-11-25)14-17-6-8-18(9-7-17)22(3,4)5/h6-9,12-13,25H,10-11,14H2,1-5H3. The first-order valence-corrected chi connectivity index (χ1v) is 8.96. The van der Waals surface area contributed by atoms with E-state index in [0.717, 1.165) is 23.4 Å². The van der Waals surface area contributed by atoms with Crippen molar-refractivity contribution in [2.24, 2.45) is 0 Å². The van der Waals surface area contributed by atoms with Gasteiger partial charge in [-0.15, -0.1) is 0 Å². The number of nitrogens with zero attached hydrogens (tertiary/aromatic N) is 2.